The van der Waals surface area contributed by atoms with Gasteiger partial charge in [0, 0.05) is 25.7 Å². The maximum absolute atomic E-state index is 5.78. The van der Waals surface area contributed by atoms with Crippen LogP contribution in [0.5, 0.6) is 11.5 Å². The first-order chi connectivity index (χ1) is 9.42. The third kappa shape index (κ3) is 3.13. The summed E-state index contributed by atoms with van der Waals surface area (Å²) in [6, 6.07) is 18.6. The summed E-state index contributed by atoms with van der Waals surface area (Å²) in [5.41, 5.74) is 1.30. The van der Waals surface area contributed by atoms with Crippen LogP contribution in [0.4, 0.5) is 0 Å². The van der Waals surface area contributed by atoms with E-state index in [-0.39, 0.29) is 0 Å². The van der Waals surface area contributed by atoms with E-state index in [1.165, 1.54) is 5.56 Å². The number of nitrogens with one attached hydrogen (secondary N) is 2. The molecule has 1 saturated heterocycles. The molecule has 0 aromatic heterocycles. The minimum atomic E-state index is 0.402. The molecule has 1 atom stereocenters. The number of piperazine rings is 1. The summed E-state index contributed by atoms with van der Waals surface area (Å²) in [6.45, 7) is 3.05. The Morgan fingerprint density at radius 1 is 0.842 bits per heavy atom. The average Bonchev–Trinajstić information content (AvgIpc) is 2.50. The van der Waals surface area contributed by atoms with Gasteiger partial charge in [-0.1, -0.05) is 30.3 Å². The number of ether oxygens (including phenoxy) is 1. The average molecular weight is 254 g/mol. The highest BCUT2D eigenvalue weighted by Crippen LogP contribution is 2.23. The fourth-order valence-corrected chi connectivity index (χ4v) is 2.28. The van der Waals surface area contributed by atoms with Gasteiger partial charge in [-0.3, -0.25) is 0 Å². The number of rotatable bonds is 3. The molecular formula is C16H18N2O. The Bertz CT molecular complexity index is 504. The van der Waals surface area contributed by atoms with Crippen molar-refractivity contribution in [2.24, 2.45) is 0 Å². The maximum Gasteiger partial charge on any atom is 0.127 e. The number of hydrogen-bond acceptors (Lipinski definition) is 3. The first-order valence-electron chi connectivity index (χ1n) is 6.69. The van der Waals surface area contributed by atoms with E-state index in [4.69, 9.17) is 4.74 Å². The number of benzene rings is 2. The number of para-hydroxylation sites is 1. The highest BCUT2D eigenvalue weighted by Gasteiger charge is 2.13. The van der Waals surface area contributed by atoms with E-state index in [0.717, 1.165) is 31.1 Å². The van der Waals surface area contributed by atoms with Crippen molar-refractivity contribution in [3.05, 3.63) is 60.2 Å². The maximum atomic E-state index is 5.78. The highest BCUT2D eigenvalue weighted by atomic mass is 16.5. The SMILES string of the molecule is c1ccc(Oc2ccc([C@@H]3CNCCN3)cc2)cc1. The van der Waals surface area contributed by atoms with Crippen LogP contribution in [0.2, 0.25) is 0 Å². The van der Waals surface area contributed by atoms with Crippen molar-refractivity contribution in [1.82, 2.24) is 10.6 Å². The minimum absolute atomic E-state index is 0.402. The molecule has 2 aromatic carbocycles. The highest BCUT2D eigenvalue weighted by molar-refractivity contribution is 5.34. The second kappa shape index (κ2) is 5.87. The van der Waals surface area contributed by atoms with Gasteiger partial charge in [-0.2, -0.15) is 0 Å². The predicted molar refractivity (Wildman–Crippen MR) is 76.6 cm³/mol. The quantitative estimate of drug-likeness (QED) is 0.883. The lowest BCUT2D eigenvalue weighted by Gasteiger charge is -2.24. The molecule has 1 fully saturated rings. The Morgan fingerprint density at radius 3 is 2.26 bits per heavy atom. The zero-order valence-corrected chi connectivity index (χ0v) is 10.8. The molecule has 0 amide bonds. The molecule has 0 bridgehead atoms. The molecule has 1 heterocycles. The van der Waals surface area contributed by atoms with Gasteiger partial charge in [0.2, 0.25) is 0 Å². The molecule has 3 rings (SSSR count). The second-order valence-corrected chi connectivity index (χ2v) is 4.69. The third-order valence-corrected chi connectivity index (χ3v) is 3.30. The lowest BCUT2D eigenvalue weighted by Crippen LogP contribution is -2.42. The van der Waals surface area contributed by atoms with Crippen molar-refractivity contribution in [2.45, 2.75) is 6.04 Å². The topological polar surface area (TPSA) is 33.3 Å². The van der Waals surface area contributed by atoms with Crippen LogP contribution in [-0.2, 0) is 0 Å². The molecule has 98 valence electrons. The molecule has 3 nitrogen and oxygen atoms in total. The third-order valence-electron chi connectivity index (χ3n) is 3.30. The van der Waals surface area contributed by atoms with Crippen LogP contribution < -0.4 is 15.4 Å². The van der Waals surface area contributed by atoms with E-state index in [0.29, 0.717) is 6.04 Å². The second-order valence-electron chi connectivity index (χ2n) is 4.69. The van der Waals surface area contributed by atoms with Crippen molar-refractivity contribution in [1.29, 1.82) is 0 Å². The van der Waals surface area contributed by atoms with Crippen LogP contribution in [0.25, 0.3) is 0 Å². The molecule has 1 aliphatic heterocycles. The van der Waals surface area contributed by atoms with Crippen molar-refractivity contribution in [3.63, 3.8) is 0 Å². The van der Waals surface area contributed by atoms with Crippen LogP contribution in [0.1, 0.15) is 11.6 Å². The molecule has 0 aliphatic carbocycles. The summed E-state index contributed by atoms with van der Waals surface area (Å²) in [5.74, 6) is 1.74. The number of hydrogen-bond donors (Lipinski definition) is 2. The fourth-order valence-electron chi connectivity index (χ4n) is 2.28. The van der Waals surface area contributed by atoms with Crippen LogP contribution in [0.3, 0.4) is 0 Å². The summed E-state index contributed by atoms with van der Waals surface area (Å²) < 4.78 is 5.78. The van der Waals surface area contributed by atoms with Gasteiger partial charge in [0.1, 0.15) is 11.5 Å². The Kier molecular flexibility index (Phi) is 3.77. The Balaban J connectivity index is 1.68. The van der Waals surface area contributed by atoms with Gasteiger partial charge in [0.15, 0.2) is 0 Å². The molecule has 0 unspecified atom stereocenters. The fraction of sp³-hybridized carbons (Fsp3) is 0.250. The van der Waals surface area contributed by atoms with Gasteiger partial charge in [-0.15, -0.1) is 0 Å². The largest absolute Gasteiger partial charge is 0.457 e. The monoisotopic (exact) mass is 254 g/mol. The van der Waals surface area contributed by atoms with E-state index in [2.05, 4.69) is 22.8 Å². The van der Waals surface area contributed by atoms with Crippen molar-refractivity contribution < 1.29 is 4.74 Å². The van der Waals surface area contributed by atoms with E-state index in [9.17, 15) is 0 Å². The Hall–Kier alpha value is -1.84. The van der Waals surface area contributed by atoms with Crippen molar-refractivity contribution in [2.75, 3.05) is 19.6 Å². The lowest BCUT2D eigenvalue weighted by molar-refractivity contribution is 0.429. The van der Waals surface area contributed by atoms with Gasteiger partial charge in [-0.25, -0.2) is 0 Å². The lowest BCUT2D eigenvalue weighted by atomic mass is 10.1. The zero-order chi connectivity index (χ0) is 12.9. The predicted octanol–water partition coefficient (Wildman–Crippen LogP) is 2.71. The van der Waals surface area contributed by atoms with Crippen LogP contribution in [-0.4, -0.2) is 19.6 Å². The van der Waals surface area contributed by atoms with E-state index in [1.807, 2.05) is 42.5 Å². The molecule has 1 aliphatic rings. The smallest absolute Gasteiger partial charge is 0.127 e. The van der Waals surface area contributed by atoms with Crippen molar-refractivity contribution in [3.8, 4) is 11.5 Å². The van der Waals surface area contributed by atoms with Crippen molar-refractivity contribution >= 4 is 0 Å². The normalized spacial score (nSPS) is 19.1. The Morgan fingerprint density at radius 2 is 1.58 bits per heavy atom. The van der Waals surface area contributed by atoms with Crippen LogP contribution >= 0.6 is 0 Å². The first kappa shape index (κ1) is 12.2. The zero-order valence-electron chi connectivity index (χ0n) is 10.8. The van der Waals surface area contributed by atoms with E-state index >= 15 is 0 Å². The molecule has 0 saturated carbocycles. The summed E-state index contributed by atoms with van der Waals surface area (Å²) in [4.78, 5) is 0. The van der Waals surface area contributed by atoms with Gasteiger partial charge < -0.3 is 15.4 Å². The van der Waals surface area contributed by atoms with Gasteiger partial charge in [0.05, 0.1) is 0 Å². The summed E-state index contributed by atoms with van der Waals surface area (Å²) in [7, 11) is 0. The molecular weight excluding hydrogens is 236 g/mol. The van der Waals surface area contributed by atoms with Gasteiger partial charge in [0.25, 0.3) is 0 Å². The van der Waals surface area contributed by atoms with E-state index < -0.39 is 0 Å². The molecule has 19 heavy (non-hydrogen) atoms. The van der Waals surface area contributed by atoms with Gasteiger partial charge >= 0.3 is 0 Å². The molecule has 0 radical (unpaired) electrons. The summed E-state index contributed by atoms with van der Waals surface area (Å²) >= 11 is 0. The van der Waals surface area contributed by atoms with E-state index in [1.54, 1.807) is 0 Å². The summed E-state index contributed by atoms with van der Waals surface area (Å²) in [5, 5.41) is 6.90. The minimum Gasteiger partial charge on any atom is -0.457 e. The Labute approximate surface area is 113 Å². The summed E-state index contributed by atoms with van der Waals surface area (Å²) in [6.07, 6.45) is 0. The van der Waals surface area contributed by atoms with Crippen LogP contribution in [0, 0.1) is 0 Å². The first-order valence-corrected chi connectivity index (χ1v) is 6.69. The van der Waals surface area contributed by atoms with Crippen LogP contribution in [0.15, 0.2) is 54.6 Å². The standard InChI is InChI=1S/C16H18N2O/c1-2-4-14(5-3-1)19-15-8-6-13(7-9-15)16-12-17-10-11-18-16/h1-9,16-18H,10-12H2/t16-/m0/s1. The molecule has 3 heteroatoms. The van der Waals surface area contributed by atoms with Gasteiger partial charge in [-0.05, 0) is 29.8 Å². The molecule has 2 N–H and O–H groups in total. The molecule has 2 aromatic rings. The molecule has 0 spiro atoms.